The third kappa shape index (κ3) is 4.84. The molecule has 31 heavy (non-hydrogen) atoms. The second kappa shape index (κ2) is 9.42. The maximum absolute atomic E-state index is 13.5. The molecule has 0 saturated carbocycles. The molecule has 1 aliphatic heterocycles. The molecule has 1 aromatic carbocycles. The number of nitrogens with zero attached hydrogens (tertiary/aromatic N) is 2. The maximum Gasteiger partial charge on any atom is 0.330 e. The van der Waals surface area contributed by atoms with Crippen molar-refractivity contribution >= 4 is 40.8 Å². The van der Waals surface area contributed by atoms with E-state index in [4.69, 9.17) is 5.73 Å². The van der Waals surface area contributed by atoms with Gasteiger partial charge in [0.15, 0.2) is 5.69 Å². The van der Waals surface area contributed by atoms with Crippen molar-refractivity contribution in [3.8, 4) is 0 Å². The molecule has 2 heterocycles. The van der Waals surface area contributed by atoms with E-state index >= 15 is 0 Å². The number of rotatable bonds is 7. The summed E-state index contributed by atoms with van der Waals surface area (Å²) in [5, 5.41) is 2.77. The van der Waals surface area contributed by atoms with Gasteiger partial charge in [-0.25, -0.2) is 4.79 Å². The van der Waals surface area contributed by atoms with Crippen LogP contribution in [0.15, 0.2) is 32.7 Å². The Balaban J connectivity index is 2.08. The molecule has 2 amide bonds. The molecule has 0 aliphatic carbocycles. The Bertz CT molecular complexity index is 1120. The van der Waals surface area contributed by atoms with E-state index in [1.54, 1.807) is 18.2 Å². The first-order chi connectivity index (χ1) is 14.7. The molecule has 10 heteroatoms. The van der Waals surface area contributed by atoms with Crippen molar-refractivity contribution in [3.05, 3.63) is 44.6 Å². The van der Waals surface area contributed by atoms with Crippen molar-refractivity contribution in [1.29, 1.82) is 0 Å². The molecule has 3 rings (SSSR count). The maximum atomic E-state index is 13.5. The molecule has 4 N–H and O–H groups in total. The normalized spacial score (nSPS) is 13.1. The predicted molar refractivity (Wildman–Crippen MR) is 123 cm³/mol. The van der Waals surface area contributed by atoms with Crippen LogP contribution in [-0.2, 0) is 11.3 Å². The van der Waals surface area contributed by atoms with Gasteiger partial charge >= 0.3 is 5.69 Å². The van der Waals surface area contributed by atoms with E-state index in [9.17, 15) is 19.2 Å². The highest BCUT2D eigenvalue weighted by Gasteiger charge is 2.26. The molecule has 0 saturated heterocycles. The van der Waals surface area contributed by atoms with E-state index in [2.05, 4.69) is 10.3 Å². The van der Waals surface area contributed by atoms with Gasteiger partial charge in [-0.05, 0) is 30.5 Å². The zero-order valence-corrected chi connectivity index (χ0v) is 18.7. The van der Waals surface area contributed by atoms with Gasteiger partial charge < -0.3 is 16.0 Å². The molecule has 0 fully saturated rings. The summed E-state index contributed by atoms with van der Waals surface area (Å²) in [6.45, 7) is 6.40. The molecule has 0 unspecified atom stereocenters. The summed E-state index contributed by atoms with van der Waals surface area (Å²) < 4.78 is 1.29. The number of H-pyrrole nitrogens is 1. The fraction of sp³-hybridized carbons (Fsp3) is 0.429. The van der Waals surface area contributed by atoms with Gasteiger partial charge in [0.25, 0.3) is 11.5 Å². The number of amides is 2. The average molecular weight is 446 g/mol. The first-order valence-corrected chi connectivity index (χ1v) is 11.2. The monoisotopic (exact) mass is 445 g/mol. The Hall–Kier alpha value is -3.01. The van der Waals surface area contributed by atoms with Crippen molar-refractivity contribution in [2.24, 2.45) is 5.92 Å². The molecular weight excluding hydrogens is 418 g/mol. The SMILES string of the molecule is CCCCN(C(=O)c1ccc2c(c1)NC(=O)CS2)c1c(N)n(CC(C)C)c(=O)[nH]c1=O. The number of aromatic amines is 1. The molecule has 1 aromatic heterocycles. The first kappa shape index (κ1) is 22.7. The number of nitrogens with one attached hydrogen (secondary N) is 2. The molecule has 9 nitrogen and oxygen atoms in total. The Morgan fingerprint density at radius 3 is 2.71 bits per heavy atom. The zero-order chi connectivity index (χ0) is 22.7. The molecule has 0 atom stereocenters. The summed E-state index contributed by atoms with van der Waals surface area (Å²) in [7, 11) is 0. The third-order valence-corrected chi connectivity index (χ3v) is 5.95. The molecule has 0 bridgehead atoms. The summed E-state index contributed by atoms with van der Waals surface area (Å²) in [6.07, 6.45) is 1.44. The van der Waals surface area contributed by atoms with Crippen LogP contribution in [0.5, 0.6) is 0 Å². The van der Waals surface area contributed by atoms with Gasteiger partial charge in [0, 0.05) is 23.5 Å². The van der Waals surface area contributed by atoms with Crippen molar-refractivity contribution < 1.29 is 9.59 Å². The van der Waals surface area contributed by atoms with Crippen molar-refractivity contribution in [2.45, 2.75) is 45.1 Å². The Kier molecular flexibility index (Phi) is 6.89. The molecule has 0 spiro atoms. The van der Waals surface area contributed by atoms with Gasteiger partial charge in [-0.1, -0.05) is 27.2 Å². The number of nitrogen functional groups attached to an aromatic ring is 1. The Morgan fingerprint density at radius 2 is 2.03 bits per heavy atom. The zero-order valence-electron chi connectivity index (χ0n) is 17.9. The fourth-order valence-electron chi connectivity index (χ4n) is 3.39. The molecule has 1 aliphatic rings. The smallest absolute Gasteiger partial charge is 0.330 e. The number of carbonyl (C=O) groups is 2. The van der Waals surface area contributed by atoms with E-state index in [1.165, 1.54) is 21.2 Å². The number of nitrogens with two attached hydrogens (primary N) is 1. The van der Waals surface area contributed by atoms with Crippen LogP contribution >= 0.6 is 11.8 Å². The van der Waals surface area contributed by atoms with Crippen LogP contribution in [-0.4, -0.2) is 33.7 Å². The van der Waals surface area contributed by atoms with Crippen LogP contribution in [0.25, 0.3) is 0 Å². The second-order valence-corrected chi connectivity index (χ2v) is 8.87. The molecule has 166 valence electrons. The minimum absolute atomic E-state index is 0.0326. The molecule has 0 radical (unpaired) electrons. The highest BCUT2D eigenvalue weighted by molar-refractivity contribution is 8.00. The highest BCUT2D eigenvalue weighted by Crippen LogP contribution is 2.32. The number of thioether (sulfide) groups is 1. The largest absolute Gasteiger partial charge is 0.383 e. The summed E-state index contributed by atoms with van der Waals surface area (Å²) in [4.78, 5) is 54.7. The van der Waals surface area contributed by atoms with Crippen LogP contribution in [0.4, 0.5) is 17.2 Å². The Morgan fingerprint density at radius 1 is 1.29 bits per heavy atom. The molecular formula is C21H27N5O4S. The van der Waals surface area contributed by atoms with Gasteiger partial charge in [-0.2, -0.15) is 0 Å². The lowest BCUT2D eigenvalue weighted by Crippen LogP contribution is -2.42. The number of hydrogen-bond donors (Lipinski definition) is 3. The second-order valence-electron chi connectivity index (χ2n) is 7.86. The first-order valence-electron chi connectivity index (χ1n) is 10.2. The molecule has 2 aromatic rings. The minimum Gasteiger partial charge on any atom is -0.383 e. The van der Waals surface area contributed by atoms with Gasteiger partial charge in [0.05, 0.1) is 11.4 Å². The Labute approximate surface area is 184 Å². The van der Waals surface area contributed by atoms with Gasteiger partial charge in [-0.15, -0.1) is 11.8 Å². The van der Waals surface area contributed by atoms with Gasteiger partial charge in [0.1, 0.15) is 5.82 Å². The summed E-state index contributed by atoms with van der Waals surface area (Å²) in [5.74, 6) is -0.153. The number of anilines is 3. The van der Waals surface area contributed by atoms with Crippen LogP contribution in [0.2, 0.25) is 0 Å². The standard InChI is InChI=1S/C21H27N5O4S/c1-4-5-8-25(17-18(22)26(10-12(2)3)21(30)24-19(17)28)20(29)13-6-7-15-14(9-13)23-16(27)11-31-15/h6-7,9,12H,4-5,8,10-11,22H2,1-3H3,(H,23,27)(H,24,28,30). The highest BCUT2D eigenvalue weighted by atomic mass is 32.2. The van der Waals surface area contributed by atoms with Crippen molar-refractivity contribution in [1.82, 2.24) is 9.55 Å². The average Bonchev–Trinajstić information content (AvgIpc) is 2.72. The number of fused-ring (bicyclic) bond motifs is 1. The summed E-state index contributed by atoms with van der Waals surface area (Å²) in [6, 6.07) is 5.05. The van der Waals surface area contributed by atoms with E-state index in [0.29, 0.717) is 30.0 Å². The number of carbonyl (C=O) groups excluding carboxylic acids is 2. The van der Waals surface area contributed by atoms with E-state index in [1.807, 2.05) is 20.8 Å². The lowest BCUT2D eigenvalue weighted by Gasteiger charge is -2.25. The predicted octanol–water partition coefficient (Wildman–Crippen LogP) is 2.27. The number of hydrogen-bond acceptors (Lipinski definition) is 6. The van der Waals surface area contributed by atoms with Crippen molar-refractivity contribution in [3.63, 3.8) is 0 Å². The number of aromatic nitrogens is 2. The van der Waals surface area contributed by atoms with E-state index in [0.717, 1.165) is 11.3 Å². The third-order valence-electron chi connectivity index (χ3n) is 4.87. The van der Waals surface area contributed by atoms with Gasteiger partial charge in [0.2, 0.25) is 5.91 Å². The lowest BCUT2D eigenvalue weighted by molar-refractivity contribution is -0.113. The van der Waals surface area contributed by atoms with Crippen molar-refractivity contribution in [2.75, 3.05) is 28.2 Å². The van der Waals surface area contributed by atoms with Crippen LogP contribution in [0.1, 0.15) is 44.0 Å². The lowest BCUT2D eigenvalue weighted by atomic mass is 10.1. The van der Waals surface area contributed by atoms with Crippen LogP contribution < -0.4 is 27.2 Å². The number of unbranched alkanes of at least 4 members (excludes halogenated alkanes) is 1. The van der Waals surface area contributed by atoms with E-state index < -0.39 is 17.2 Å². The van der Waals surface area contributed by atoms with Crippen LogP contribution in [0, 0.1) is 5.92 Å². The van der Waals surface area contributed by atoms with Gasteiger partial charge in [-0.3, -0.25) is 23.9 Å². The summed E-state index contributed by atoms with van der Waals surface area (Å²) in [5.41, 5.74) is 5.79. The van der Waals surface area contributed by atoms with E-state index in [-0.39, 0.29) is 29.9 Å². The quantitative estimate of drug-likeness (QED) is 0.599. The number of benzene rings is 1. The fourth-order valence-corrected chi connectivity index (χ4v) is 4.18. The summed E-state index contributed by atoms with van der Waals surface area (Å²) >= 11 is 1.40. The van der Waals surface area contributed by atoms with Crippen LogP contribution in [0.3, 0.4) is 0 Å². The topological polar surface area (TPSA) is 130 Å². The minimum atomic E-state index is -0.700.